The average Bonchev–Trinajstić information content (AvgIpc) is 2.01. The summed E-state index contributed by atoms with van der Waals surface area (Å²) in [5.74, 6) is -0.593. The van der Waals surface area contributed by atoms with Crippen molar-refractivity contribution in [3.63, 3.8) is 0 Å². The SMILES string of the molecule is COC(=O)C(C)(CO)NCl. The van der Waals surface area contributed by atoms with Gasteiger partial charge >= 0.3 is 5.97 Å². The topological polar surface area (TPSA) is 58.6 Å². The summed E-state index contributed by atoms with van der Waals surface area (Å²) in [5.41, 5.74) is -1.20. The van der Waals surface area contributed by atoms with E-state index >= 15 is 0 Å². The van der Waals surface area contributed by atoms with Crippen LogP contribution in [0.5, 0.6) is 0 Å². The number of hydrogen-bond acceptors (Lipinski definition) is 4. The molecule has 0 aliphatic carbocycles. The van der Waals surface area contributed by atoms with Gasteiger partial charge in [0.05, 0.1) is 13.7 Å². The van der Waals surface area contributed by atoms with E-state index in [1.54, 1.807) is 0 Å². The summed E-state index contributed by atoms with van der Waals surface area (Å²) in [5, 5.41) is 8.64. The molecule has 1 unspecified atom stereocenters. The minimum Gasteiger partial charge on any atom is -0.468 e. The number of esters is 1. The molecule has 0 aromatic carbocycles. The van der Waals surface area contributed by atoms with Crippen LogP contribution in [0, 0.1) is 0 Å². The highest BCUT2D eigenvalue weighted by Gasteiger charge is 2.32. The number of halogens is 1. The van der Waals surface area contributed by atoms with Crippen LogP contribution in [-0.2, 0) is 9.53 Å². The van der Waals surface area contributed by atoms with Crippen LogP contribution in [0.2, 0.25) is 0 Å². The van der Waals surface area contributed by atoms with Gasteiger partial charge in [0.1, 0.15) is 0 Å². The molecule has 0 spiro atoms. The smallest absolute Gasteiger partial charge is 0.329 e. The minimum atomic E-state index is -1.20. The number of rotatable bonds is 3. The van der Waals surface area contributed by atoms with Gasteiger partial charge in [-0.3, -0.25) is 0 Å². The van der Waals surface area contributed by atoms with E-state index in [1.165, 1.54) is 14.0 Å². The summed E-state index contributed by atoms with van der Waals surface area (Å²) >= 11 is 5.17. The van der Waals surface area contributed by atoms with Gasteiger partial charge in [-0.2, -0.15) is 0 Å². The Labute approximate surface area is 64.2 Å². The highest BCUT2D eigenvalue weighted by atomic mass is 35.5. The molecule has 0 aromatic rings. The van der Waals surface area contributed by atoms with Gasteiger partial charge in [0, 0.05) is 0 Å². The lowest BCUT2D eigenvalue weighted by Crippen LogP contribution is -2.49. The summed E-state index contributed by atoms with van der Waals surface area (Å²) < 4.78 is 4.35. The molecular formula is C5H10ClNO3. The van der Waals surface area contributed by atoms with E-state index in [0.717, 1.165) is 0 Å². The van der Waals surface area contributed by atoms with Crippen molar-refractivity contribution in [2.75, 3.05) is 13.7 Å². The van der Waals surface area contributed by atoms with Crippen LogP contribution >= 0.6 is 11.8 Å². The third-order valence-corrected chi connectivity index (χ3v) is 1.58. The molecule has 0 saturated carbocycles. The molecular weight excluding hydrogens is 158 g/mol. The molecule has 0 radical (unpaired) electrons. The summed E-state index contributed by atoms with van der Waals surface area (Å²) in [6.45, 7) is 1.04. The lowest BCUT2D eigenvalue weighted by atomic mass is 10.1. The molecule has 5 heteroatoms. The molecule has 0 rings (SSSR count). The molecule has 0 fully saturated rings. The van der Waals surface area contributed by atoms with E-state index in [0.29, 0.717) is 0 Å². The molecule has 0 saturated heterocycles. The van der Waals surface area contributed by atoms with Crippen LogP contribution < -0.4 is 4.84 Å². The van der Waals surface area contributed by atoms with Crippen molar-refractivity contribution >= 4 is 17.7 Å². The van der Waals surface area contributed by atoms with Crippen LogP contribution in [0.15, 0.2) is 0 Å². The first-order valence-electron chi connectivity index (χ1n) is 2.68. The maximum Gasteiger partial charge on any atom is 0.329 e. The molecule has 1 atom stereocenters. The molecule has 0 bridgehead atoms. The maximum atomic E-state index is 10.8. The van der Waals surface area contributed by atoms with Gasteiger partial charge in [-0.25, -0.2) is 9.63 Å². The number of aliphatic hydroxyl groups excluding tert-OH is 1. The van der Waals surface area contributed by atoms with E-state index < -0.39 is 18.1 Å². The Balaban J connectivity index is 4.17. The zero-order valence-corrected chi connectivity index (χ0v) is 6.60. The second kappa shape index (κ2) is 3.75. The van der Waals surface area contributed by atoms with E-state index in [-0.39, 0.29) is 0 Å². The van der Waals surface area contributed by atoms with Crippen molar-refractivity contribution in [1.29, 1.82) is 0 Å². The third kappa shape index (κ3) is 1.83. The van der Waals surface area contributed by atoms with Crippen molar-refractivity contribution in [2.24, 2.45) is 0 Å². The number of ether oxygens (including phenoxy) is 1. The first-order chi connectivity index (χ1) is 4.60. The van der Waals surface area contributed by atoms with Gasteiger partial charge < -0.3 is 9.84 Å². The fourth-order valence-electron chi connectivity index (χ4n) is 0.358. The fraction of sp³-hybridized carbons (Fsp3) is 0.800. The number of nitrogens with one attached hydrogen (secondary N) is 1. The van der Waals surface area contributed by atoms with Crippen LogP contribution in [0.25, 0.3) is 0 Å². The zero-order chi connectivity index (χ0) is 8.20. The van der Waals surface area contributed by atoms with Gasteiger partial charge in [0.2, 0.25) is 0 Å². The van der Waals surface area contributed by atoms with Gasteiger partial charge in [-0.15, -0.1) is 0 Å². The van der Waals surface area contributed by atoms with E-state index in [1.807, 2.05) is 0 Å². The fourth-order valence-corrected chi connectivity index (χ4v) is 0.495. The summed E-state index contributed by atoms with van der Waals surface area (Å²) in [4.78, 5) is 12.9. The number of carbonyl (C=O) groups is 1. The Morgan fingerprint density at radius 2 is 2.40 bits per heavy atom. The predicted molar refractivity (Wildman–Crippen MR) is 36.5 cm³/mol. The molecule has 0 aliphatic rings. The zero-order valence-electron chi connectivity index (χ0n) is 5.85. The van der Waals surface area contributed by atoms with Crippen molar-refractivity contribution < 1.29 is 14.6 Å². The standard InChI is InChI=1S/C5H10ClNO3/c1-5(3-8,7-6)4(9)10-2/h7-8H,3H2,1-2H3. The van der Waals surface area contributed by atoms with E-state index in [9.17, 15) is 4.79 Å². The Kier molecular flexibility index (Phi) is 3.63. The third-order valence-electron chi connectivity index (χ3n) is 1.16. The van der Waals surface area contributed by atoms with Gasteiger partial charge in [0.15, 0.2) is 5.54 Å². The number of carbonyl (C=O) groups excluding carboxylic acids is 1. The second-order valence-corrected chi connectivity index (χ2v) is 2.27. The van der Waals surface area contributed by atoms with Crippen LogP contribution in [0.4, 0.5) is 0 Å². The highest BCUT2D eigenvalue weighted by Crippen LogP contribution is 2.05. The molecule has 2 N–H and O–H groups in total. The first-order valence-corrected chi connectivity index (χ1v) is 3.05. The summed E-state index contributed by atoms with van der Waals surface area (Å²) in [7, 11) is 1.23. The first kappa shape index (κ1) is 9.68. The van der Waals surface area contributed by atoms with Gasteiger partial charge in [-0.05, 0) is 18.7 Å². The second-order valence-electron chi connectivity index (χ2n) is 2.08. The highest BCUT2D eigenvalue weighted by molar-refractivity contribution is 6.15. The number of hydrogen-bond donors (Lipinski definition) is 2. The molecule has 0 aliphatic heterocycles. The van der Waals surface area contributed by atoms with E-state index in [2.05, 4.69) is 9.57 Å². The van der Waals surface area contributed by atoms with Crippen molar-refractivity contribution in [3.8, 4) is 0 Å². The molecule has 4 nitrogen and oxygen atoms in total. The Morgan fingerprint density at radius 1 is 1.90 bits per heavy atom. The van der Waals surface area contributed by atoms with Crippen molar-refractivity contribution in [2.45, 2.75) is 12.5 Å². The average molecular weight is 168 g/mol. The Hall–Kier alpha value is -0.320. The van der Waals surface area contributed by atoms with E-state index in [4.69, 9.17) is 16.9 Å². The summed E-state index contributed by atoms with van der Waals surface area (Å²) in [6, 6.07) is 0. The van der Waals surface area contributed by atoms with Crippen molar-refractivity contribution in [1.82, 2.24) is 4.84 Å². The molecule has 0 amide bonds. The Morgan fingerprint density at radius 3 is 2.50 bits per heavy atom. The molecule has 0 aromatic heterocycles. The number of aliphatic hydroxyl groups is 1. The normalized spacial score (nSPS) is 16.0. The van der Waals surface area contributed by atoms with Crippen LogP contribution in [-0.4, -0.2) is 30.3 Å². The number of methoxy groups -OCH3 is 1. The monoisotopic (exact) mass is 167 g/mol. The largest absolute Gasteiger partial charge is 0.468 e. The molecule has 0 heterocycles. The minimum absolute atomic E-state index is 0.400. The Bertz CT molecular complexity index is 124. The van der Waals surface area contributed by atoms with Gasteiger partial charge in [0.25, 0.3) is 0 Å². The maximum absolute atomic E-state index is 10.8. The molecule has 10 heavy (non-hydrogen) atoms. The van der Waals surface area contributed by atoms with Crippen molar-refractivity contribution in [3.05, 3.63) is 0 Å². The molecule has 60 valence electrons. The van der Waals surface area contributed by atoms with Crippen LogP contribution in [0.1, 0.15) is 6.92 Å². The quantitative estimate of drug-likeness (QED) is 0.446. The lowest BCUT2D eigenvalue weighted by Gasteiger charge is -2.20. The predicted octanol–water partition coefficient (Wildman–Crippen LogP) is -0.346. The van der Waals surface area contributed by atoms with Gasteiger partial charge in [-0.1, -0.05) is 0 Å². The lowest BCUT2D eigenvalue weighted by molar-refractivity contribution is -0.148. The van der Waals surface area contributed by atoms with Crippen LogP contribution in [0.3, 0.4) is 0 Å². The summed E-state index contributed by atoms with van der Waals surface area (Å²) in [6.07, 6.45) is 0.